The zero-order valence-corrected chi connectivity index (χ0v) is 13.3. The molecule has 0 aliphatic rings. The van der Waals surface area contributed by atoms with Crippen molar-refractivity contribution in [1.29, 1.82) is 0 Å². The van der Waals surface area contributed by atoms with Crippen molar-refractivity contribution in [3.8, 4) is 11.5 Å². The fourth-order valence-electron chi connectivity index (χ4n) is 1.96. The number of aromatic carboxylic acids is 1. The van der Waals surface area contributed by atoms with Gasteiger partial charge in [0.1, 0.15) is 5.56 Å². The number of H-pyrrole nitrogens is 1. The molecule has 0 unspecified atom stereocenters. The summed E-state index contributed by atoms with van der Waals surface area (Å²) in [5, 5.41) is 18.7. The van der Waals surface area contributed by atoms with Crippen LogP contribution in [0.25, 0.3) is 0 Å². The zero-order valence-electron chi connectivity index (χ0n) is 13.3. The molecule has 2 rings (SSSR count). The van der Waals surface area contributed by atoms with Gasteiger partial charge in [0.15, 0.2) is 17.2 Å². The molecule has 1 aromatic carbocycles. The Morgan fingerprint density at radius 3 is 2.56 bits per heavy atom. The average Bonchev–Trinajstić information content (AvgIpc) is 2.61. The number of benzene rings is 1. The maximum absolute atomic E-state index is 11.8. The van der Waals surface area contributed by atoms with Gasteiger partial charge in [0.2, 0.25) is 0 Å². The SMILES string of the molecule is COc1ccc(C=NNC(=O)c2ccc(=O)[nH]n2)c(C(=O)O)c1OC. The topological polar surface area (TPSA) is 143 Å². The Balaban J connectivity index is 2.25. The van der Waals surface area contributed by atoms with Crippen LogP contribution in [0, 0.1) is 0 Å². The third kappa shape index (κ3) is 3.99. The maximum Gasteiger partial charge on any atom is 0.340 e. The Morgan fingerprint density at radius 2 is 2.00 bits per heavy atom. The second kappa shape index (κ2) is 7.73. The van der Waals surface area contributed by atoms with E-state index in [1.165, 1.54) is 32.4 Å². The molecule has 10 nitrogen and oxygen atoms in total. The molecular weight excluding hydrogens is 332 g/mol. The molecule has 0 aliphatic carbocycles. The summed E-state index contributed by atoms with van der Waals surface area (Å²) < 4.78 is 10.1. The number of carbonyl (C=O) groups is 2. The number of carboxylic acids is 1. The van der Waals surface area contributed by atoms with Crippen molar-refractivity contribution in [1.82, 2.24) is 15.6 Å². The van der Waals surface area contributed by atoms with Crippen LogP contribution in [0.5, 0.6) is 11.5 Å². The Hall–Kier alpha value is -3.69. The van der Waals surface area contributed by atoms with E-state index in [0.717, 1.165) is 12.3 Å². The van der Waals surface area contributed by atoms with Crippen LogP contribution in [0.15, 0.2) is 34.2 Å². The zero-order chi connectivity index (χ0) is 18.4. The lowest BCUT2D eigenvalue weighted by Gasteiger charge is -2.12. The van der Waals surface area contributed by atoms with Crippen LogP contribution in [0.3, 0.4) is 0 Å². The molecule has 0 saturated heterocycles. The van der Waals surface area contributed by atoms with Crippen LogP contribution in [0.2, 0.25) is 0 Å². The number of carboxylic acid groups (broad SMARTS) is 1. The van der Waals surface area contributed by atoms with Crippen molar-refractivity contribution in [2.45, 2.75) is 0 Å². The first-order valence-electron chi connectivity index (χ1n) is 6.85. The van der Waals surface area contributed by atoms with Crippen molar-refractivity contribution in [3.05, 3.63) is 51.4 Å². The second-order valence-electron chi connectivity index (χ2n) is 4.58. The Labute approximate surface area is 141 Å². The highest BCUT2D eigenvalue weighted by atomic mass is 16.5. The predicted octanol–water partition coefficient (Wildman–Crippen LogP) is 0.249. The van der Waals surface area contributed by atoms with Crippen LogP contribution in [-0.2, 0) is 0 Å². The second-order valence-corrected chi connectivity index (χ2v) is 4.58. The van der Waals surface area contributed by atoms with Gasteiger partial charge in [-0.3, -0.25) is 9.59 Å². The third-order valence-electron chi connectivity index (χ3n) is 3.07. The molecule has 1 aromatic heterocycles. The molecule has 0 saturated carbocycles. The van der Waals surface area contributed by atoms with Crippen LogP contribution in [-0.4, -0.2) is 47.6 Å². The van der Waals surface area contributed by atoms with E-state index in [1.807, 2.05) is 0 Å². The number of hydrazone groups is 1. The molecule has 130 valence electrons. The number of amides is 1. The normalized spacial score (nSPS) is 10.5. The van der Waals surface area contributed by atoms with Gasteiger partial charge in [-0.2, -0.15) is 10.2 Å². The Kier molecular flexibility index (Phi) is 5.46. The van der Waals surface area contributed by atoms with Gasteiger partial charge in [0.25, 0.3) is 11.5 Å². The molecule has 10 heteroatoms. The van der Waals surface area contributed by atoms with Gasteiger partial charge in [-0.1, -0.05) is 0 Å². The predicted molar refractivity (Wildman–Crippen MR) is 86.4 cm³/mol. The number of nitrogens with one attached hydrogen (secondary N) is 2. The Bertz CT molecular complexity index is 870. The van der Waals surface area contributed by atoms with E-state index in [1.54, 1.807) is 0 Å². The lowest BCUT2D eigenvalue weighted by molar-refractivity contribution is 0.0692. The number of aromatic amines is 1. The van der Waals surface area contributed by atoms with E-state index in [9.17, 15) is 19.5 Å². The highest BCUT2D eigenvalue weighted by Gasteiger charge is 2.20. The van der Waals surface area contributed by atoms with E-state index in [0.29, 0.717) is 0 Å². The monoisotopic (exact) mass is 346 g/mol. The fraction of sp³-hybridized carbons (Fsp3) is 0.133. The van der Waals surface area contributed by atoms with E-state index in [-0.39, 0.29) is 28.3 Å². The van der Waals surface area contributed by atoms with Crippen molar-refractivity contribution in [2.24, 2.45) is 5.10 Å². The van der Waals surface area contributed by atoms with Crippen LogP contribution in [0.1, 0.15) is 26.4 Å². The molecular formula is C15H14N4O6. The van der Waals surface area contributed by atoms with E-state index in [4.69, 9.17) is 9.47 Å². The molecule has 0 bridgehead atoms. The van der Waals surface area contributed by atoms with Crippen molar-refractivity contribution in [3.63, 3.8) is 0 Å². The number of ether oxygens (including phenoxy) is 2. The van der Waals surface area contributed by atoms with Crippen molar-refractivity contribution >= 4 is 18.1 Å². The summed E-state index contributed by atoms with van der Waals surface area (Å²) in [6.45, 7) is 0. The van der Waals surface area contributed by atoms with Crippen LogP contribution in [0.4, 0.5) is 0 Å². The molecule has 1 heterocycles. The summed E-state index contributed by atoms with van der Waals surface area (Å²) in [6, 6.07) is 5.34. The van der Waals surface area contributed by atoms with Crippen molar-refractivity contribution < 1.29 is 24.2 Å². The largest absolute Gasteiger partial charge is 0.493 e. The molecule has 3 N–H and O–H groups in total. The number of hydrogen-bond acceptors (Lipinski definition) is 7. The molecule has 0 spiro atoms. The molecule has 0 aliphatic heterocycles. The number of methoxy groups -OCH3 is 2. The van der Waals surface area contributed by atoms with Gasteiger partial charge in [-0.05, 0) is 18.2 Å². The van der Waals surface area contributed by atoms with Gasteiger partial charge in [0.05, 0.1) is 20.4 Å². The number of rotatable bonds is 6. The molecule has 25 heavy (non-hydrogen) atoms. The minimum absolute atomic E-state index is 0.0348. The van der Waals surface area contributed by atoms with Gasteiger partial charge in [-0.15, -0.1) is 0 Å². The summed E-state index contributed by atoms with van der Waals surface area (Å²) in [5.41, 5.74) is 1.71. The fourth-order valence-corrected chi connectivity index (χ4v) is 1.96. The Morgan fingerprint density at radius 1 is 1.24 bits per heavy atom. The lowest BCUT2D eigenvalue weighted by atomic mass is 10.1. The van der Waals surface area contributed by atoms with Gasteiger partial charge >= 0.3 is 5.97 Å². The maximum atomic E-state index is 11.8. The summed E-state index contributed by atoms with van der Waals surface area (Å²) in [7, 11) is 2.70. The number of nitrogens with zero attached hydrogens (tertiary/aromatic N) is 2. The first-order valence-corrected chi connectivity index (χ1v) is 6.85. The quantitative estimate of drug-likeness (QED) is 0.502. The summed E-state index contributed by atoms with van der Waals surface area (Å²) in [6.07, 6.45) is 1.15. The minimum atomic E-state index is -1.24. The summed E-state index contributed by atoms with van der Waals surface area (Å²) in [4.78, 5) is 34.2. The smallest absolute Gasteiger partial charge is 0.340 e. The summed E-state index contributed by atoms with van der Waals surface area (Å²) >= 11 is 0. The number of aromatic nitrogens is 2. The van der Waals surface area contributed by atoms with Gasteiger partial charge in [0, 0.05) is 11.6 Å². The first kappa shape index (κ1) is 17.7. The van der Waals surface area contributed by atoms with Crippen LogP contribution >= 0.6 is 0 Å². The highest BCUT2D eigenvalue weighted by molar-refractivity contribution is 6.02. The number of hydrogen-bond donors (Lipinski definition) is 3. The first-order chi connectivity index (χ1) is 12.0. The van der Waals surface area contributed by atoms with Gasteiger partial charge < -0.3 is 14.6 Å². The molecule has 2 aromatic rings. The van der Waals surface area contributed by atoms with E-state index >= 15 is 0 Å². The van der Waals surface area contributed by atoms with Gasteiger partial charge in [-0.25, -0.2) is 15.3 Å². The van der Waals surface area contributed by atoms with E-state index in [2.05, 4.69) is 20.7 Å². The number of carbonyl (C=O) groups excluding carboxylic acids is 1. The molecule has 0 radical (unpaired) electrons. The van der Waals surface area contributed by atoms with E-state index < -0.39 is 17.4 Å². The van der Waals surface area contributed by atoms with Crippen LogP contribution < -0.4 is 20.5 Å². The summed E-state index contributed by atoms with van der Waals surface area (Å²) in [5.74, 6) is -1.64. The molecule has 0 atom stereocenters. The molecule has 0 fully saturated rings. The average molecular weight is 346 g/mol. The van der Waals surface area contributed by atoms with Crippen molar-refractivity contribution in [2.75, 3.05) is 14.2 Å². The highest BCUT2D eigenvalue weighted by Crippen LogP contribution is 2.32. The minimum Gasteiger partial charge on any atom is -0.493 e. The third-order valence-corrected chi connectivity index (χ3v) is 3.07. The lowest BCUT2D eigenvalue weighted by Crippen LogP contribution is -2.21. The molecule has 1 amide bonds. The standard InChI is InChI=1S/C15H14N4O6/c1-24-10-5-3-8(12(15(22)23)13(10)25-2)7-16-19-14(21)9-4-6-11(20)18-17-9/h3-7H,1-2H3,(H,18,20)(H,19,21)(H,22,23).